The number of methoxy groups -OCH3 is 1. The van der Waals surface area contributed by atoms with Crippen LogP contribution >= 0.6 is 0 Å². The van der Waals surface area contributed by atoms with Crippen molar-refractivity contribution in [2.45, 2.75) is 64.8 Å². The summed E-state index contributed by atoms with van der Waals surface area (Å²) in [5.41, 5.74) is 2.70. The van der Waals surface area contributed by atoms with Crippen LogP contribution in [0.25, 0.3) is 0 Å². The average molecular weight is 338 g/mol. The van der Waals surface area contributed by atoms with E-state index in [-0.39, 0.29) is 0 Å². The molecule has 0 fully saturated rings. The van der Waals surface area contributed by atoms with E-state index in [0.717, 1.165) is 5.56 Å². The van der Waals surface area contributed by atoms with Crippen LogP contribution in [0.2, 0.25) is 16.6 Å². The molecule has 0 aliphatic heterocycles. The zero-order valence-corrected chi connectivity index (χ0v) is 16.5. The Kier molecular flexibility index (Phi) is 7.33. The van der Waals surface area contributed by atoms with E-state index >= 15 is 0 Å². The van der Waals surface area contributed by atoms with E-state index in [2.05, 4.69) is 41.5 Å². The first-order chi connectivity index (χ1) is 10.7. The van der Waals surface area contributed by atoms with E-state index in [1.54, 1.807) is 19.2 Å². The monoisotopic (exact) mass is 338 g/mol. The average Bonchev–Trinajstić information content (AvgIpc) is 2.46. The summed E-state index contributed by atoms with van der Waals surface area (Å²) in [6.07, 6.45) is 0. The molecule has 0 spiro atoms. The molecule has 1 aromatic carbocycles. The highest BCUT2D eigenvalue weighted by atomic mass is 28.4. The summed E-state index contributed by atoms with van der Waals surface area (Å²) in [7, 11) is -1.90. The van der Waals surface area contributed by atoms with Gasteiger partial charge in [-0.2, -0.15) is 0 Å². The van der Waals surface area contributed by atoms with Gasteiger partial charge in [-0.1, -0.05) is 47.6 Å². The highest BCUT2D eigenvalue weighted by molar-refractivity contribution is 6.77. The van der Waals surface area contributed by atoms with Crippen molar-refractivity contribution < 1.29 is 19.2 Å². The van der Waals surface area contributed by atoms with E-state index in [4.69, 9.17) is 9.16 Å². The fourth-order valence-corrected chi connectivity index (χ4v) is 9.19. The smallest absolute Gasteiger partial charge is 0.488 e. The highest BCUT2D eigenvalue weighted by Gasteiger charge is 2.45. The maximum absolute atomic E-state index is 9.60. The third-order valence-corrected chi connectivity index (χ3v) is 10.9. The zero-order chi connectivity index (χ0) is 17.8. The molecule has 0 unspecified atom stereocenters. The van der Waals surface area contributed by atoms with Crippen molar-refractivity contribution in [1.29, 1.82) is 0 Å². The molecule has 0 saturated heterocycles. The third kappa shape index (κ3) is 4.38. The molecule has 0 aromatic heterocycles. The van der Waals surface area contributed by atoms with E-state index in [0.29, 0.717) is 34.4 Å². The first-order valence-electron chi connectivity index (χ1n) is 8.33. The highest BCUT2D eigenvalue weighted by Crippen LogP contribution is 2.42. The fraction of sp³-hybridized carbons (Fsp3) is 0.647. The summed E-state index contributed by atoms with van der Waals surface area (Å²) >= 11 is 0. The van der Waals surface area contributed by atoms with Crippen LogP contribution in [0.4, 0.5) is 0 Å². The van der Waals surface area contributed by atoms with Crippen molar-refractivity contribution in [2.75, 3.05) is 7.11 Å². The number of rotatable bonds is 8. The summed E-state index contributed by atoms with van der Waals surface area (Å²) < 4.78 is 11.8. The van der Waals surface area contributed by atoms with E-state index < -0.39 is 15.4 Å². The molecule has 130 valence electrons. The molecule has 0 saturated carbocycles. The van der Waals surface area contributed by atoms with Crippen LogP contribution in [0, 0.1) is 0 Å². The predicted molar refractivity (Wildman–Crippen MR) is 98.7 cm³/mol. The molecule has 0 amide bonds. The van der Waals surface area contributed by atoms with E-state index in [1.165, 1.54) is 0 Å². The van der Waals surface area contributed by atoms with E-state index in [1.807, 2.05) is 6.07 Å². The standard InChI is InChI=1S/C17H31BO4Si/c1-12(2)23(13(3)4,14(5)6)22-11-15-10-16(21-7)8-9-17(15)18(19)20/h8-10,12-14,19-20H,11H2,1-7H3. The predicted octanol–water partition coefficient (Wildman–Crippen LogP) is 3.07. The van der Waals surface area contributed by atoms with Gasteiger partial charge >= 0.3 is 7.12 Å². The molecular weight excluding hydrogens is 307 g/mol. The molecule has 0 radical (unpaired) electrons. The Morgan fingerprint density at radius 3 is 1.91 bits per heavy atom. The number of ether oxygens (including phenoxy) is 1. The van der Waals surface area contributed by atoms with Gasteiger partial charge in [0.2, 0.25) is 8.32 Å². The molecule has 4 nitrogen and oxygen atoms in total. The summed E-state index contributed by atoms with van der Waals surface area (Å²) in [6.45, 7) is 13.8. The van der Waals surface area contributed by atoms with Gasteiger partial charge in [-0.3, -0.25) is 0 Å². The fourth-order valence-electron chi connectivity index (χ4n) is 3.79. The maximum Gasteiger partial charge on any atom is 0.488 e. The first-order valence-corrected chi connectivity index (χ1v) is 10.5. The normalized spacial score (nSPS) is 12.3. The third-order valence-electron chi connectivity index (χ3n) is 4.81. The van der Waals surface area contributed by atoms with Gasteiger partial charge in [-0.15, -0.1) is 0 Å². The molecular formula is C17H31BO4Si. The molecule has 0 bridgehead atoms. The molecule has 1 rings (SSSR count). The zero-order valence-electron chi connectivity index (χ0n) is 15.5. The maximum atomic E-state index is 9.60. The Bertz CT molecular complexity index is 482. The van der Waals surface area contributed by atoms with Gasteiger partial charge < -0.3 is 19.2 Å². The van der Waals surface area contributed by atoms with Gasteiger partial charge in [0.05, 0.1) is 13.7 Å². The van der Waals surface area contributed by atoms with Crippen molar-refractivity contribution in [2.24, 2.45) is 0 Å². The van der Waals surface area contributed by atoms with Crippen molar-refractivity contribution in [1.82, 2.24) is 0 Å². The molecule has 1 aromatic rings. The Balaban J connectivity index is 3.15. The van der Waals surface area contributed by atoms with Gasteiger partial charge in [0.25, 0.3) is 0 Å². The van der Waals surface area contributed by atoms with Crippen LogP contribution in [0.15, 0.2) is 18.2 Å². The lowest BCUT2D eigenvalue weighted by Gasteiger charge is -2.42. The Labute approximate surface area is 142 Å². The summed E-state index contributed by atoms with van der Waals surface area (Å²) in [6, 6.07) is 5.25. The minimum absolute atomic E-state index is 0.380. The van der Waals surface area contributed by atoms with Crippen molar-refractivity contribution >= 4 is 20.9 Å². The van der Waals surface area contributed by atoms with Gasteiger partial charge in [0, 0.05) is 0 Å². The van der Waals surface area contributed by atoms with Gasteiger partial charge in [-0.05, 0) is 39.8 Å². The lowest BCUT2D eigenvalue weighted by atomic mass is 9.77. The quantitative estimate of drug-likeness (QED) is 0.715. The SMILES string of the molecule is COc1ccc(B(O)O)c(CO[Si](C(C)C)(C(C)C)C(C)C)c1. The van der Waals surface area contributed by atoms with Crippen LogP contribution in [0.1, 0.15) is 47.1 Å². The number of hydrogen-bond donors (Lipinski definition) is 2. The number of benzene rings is 1. The topological polar surface area (TPSA) is 58.9 Å². The second-order valence-corrected chi connectivity index (χ2v) is 12.5. The summed E-state index contributed by atoms with van der Waals surface area (Å²) in [5.74, 6) is 0.693. The van der Waals surface area contributed by atoms with Gasteiger partial charge in [0.15, 0.2) is 0 Å². The molecule has 23 heavy (non-hydrogen) atoms. The first kappa shape index (κ1) is 20.2. The molecule has 6 heteroatoms. The Morgan fingerprint density at radius 1 is 1.00 bits per heavy atom. The van der Waals surface area contributed by atoms with Gasteiger partial charge in [-0.25, -0.2) is 0 Å². The van der Waals surface area contributed by atoms with Gasteiger partial charge in [0.1, 0.15) is 5.75 Å². The number of hydrogen-bond acceptors (Lipinski definition) is 4. The molecule has 0 aliphatic carbocycles. The molecule has 0 aliphatic rings. The molecule has 0 heterocycles. The second kappa shape index (κ2) is 8.33. The van der Waals surface area contributed by atoms with Crippen LogP contribution in [0.3, 0.4) is 0 Å². The lowest BCUT2D eigenvalue weighted by Crippen LogP contribution is -2.48. The minimum Gasteiger partial charge on any atom is -0.497 e. The molecule has 0 atom stereocenters. The largest absolute Gasteiger partial charge is 0.497 e. The van der Waals surface area contributed by atoms with E-state index in [9.17, 15) is 10.0 Å². The minimum atomic E-state index is -2.00. The summed E-state index contributed by atoms with van der Waals surface area (Å²) in [4.78, 5) is 0. The van der Waals surface area contributed by atoms with Crippen molar-refractivity contribution in [3.63, 3.8) is 0 Å². The lowest BCUT2D eigenvalue weighted by molar-refractivity contribution is 0.265. The second-order valence-electron chi connectivity index (χ2n) is 7.04. The van der Waals surface area contributed by atoms with Crippen LogP contribution < -0.4 is 10.2 Å². The van der Waals surface area contributed by atoms with Crippen LogP contribution in [-0.4, -0.2) is 32.6 Å². The molecule has 2 N–H and O–H groups in total. The van der Waals surface area contributed by atoms with Crippen molar-refractivity contribution in [3.05, 3.63) is 23.8 Å². The Morgan fingerprint density at radius 2 is 1.52 bits per heavy atom. The Hall–Kier alpha value is -0.818. The van der Waals surface area contributed by atoms with Crippen molar-refractivity contribution in [3.8, 4) is 5.75 Å². The summed E-state index contributed by atoms with van der Waals surface area (Å²) in [5, 5.41) is 19.2. The van der Waals surface area contributed by atoms with Crippen LogP contribution in [0.5, 0.6) is 5.75 Å². The van der Waals surface area contributed by atoms with Crippen LogP contribution in [-0.2, 0) is 11.0 Å².